The Labute approximate surface area is 123 Å². The normalized spacial score (nSPS) is 19.5. The molecule has 2 aliphatic heterocycles. The first-order valence-electron chi connectivity index (χ1n) is 7.52. The molecule has 0 saturated carbocycles. The lowest BCUT2D eigenvalue weighted by atomic mass is 10.0. The Bertz CT molecular complexity index is 526. The molecule has 3 rings (SSSR count). The fourth-order valence-corrected chi connectivity index (χ4v) is 2.80. The van der Waals surface area contributed by atoms with E-state index in [-0.39, 0.29) is 5.78 Å². The molecule has 0 atom stereocenters. The average Bonchev–Trinajstić information content (AvgIpc) is 2.74. The van der Waals surface area contributed by atoms with Crippen molar-refractivity contribution < 1.29 is 18.7 Å². The van der Waals surface area contributed by atoms with E-state index in [0.717, 1.165) is 37.9 Å². The highest BCUT2D eigenvalue weighted by atomic mass is 19.1. The maximum Gasteiger partial charge on any atom is 0.176 e. The molecule has 0 aromatic heterocycles. The van der Waals surface area contributed by atoms with Gasteiger partial charge in [0.05, 0.1) is 26.4 Å². The zero-order valence-corrected chi connectivity index (χ0v) is 12.1. The second kappa shape index (κ2) is 6.54. The van der Waals surface area contributed by atoms with Crippen LogP contribution in [0.25, 0.3) is 0 Å². The maximum atomic E-state index is 14.1. The lowest BCUT2D eigenvalue weighted by molar-refractivity contribution is 0.0371. The van der Waals surface area contributed by atoms with Crippen LogP contribution in [-0.4, -0.2) is 50.1 Å². The minimum atomic E-state index is -0.417. The molecule has 1 aromatic carbocycles. The van der Waals surface area contributed by atoms with Gasteiger partial charge in [-0.25, -0.2) is 4.39 Å². The Morgan fingerprint density at radius 2 is 2.00 bits per heavy atom. The Morgan fingerprint density at radius 1 is 1.19 bits per heavy atom. The van der Waals surface area contributed by atoms with Crippen LogP contribution in [0.4, 0.5) is 4.39 Å². The van der Waals surface area contributed by atoms with Crippen molar-refractivity contribution in [3.05, 3.63) is 29.1 Å². The fourth-order valence-electron chi connectivity index (χ4n) is 2.80. The predicted octanol–water partition coefficient (Wildman–Crippen LogP) is 2.06. The van der Waals surface area contributed by atoms with E-state index in [1.807, 2.05) is 4.90 Å². The Kier molecular flexibility index (Phi) is 4.51. The molecule has 0 spiro atoms. The van der Waals surface area contributed by atoms with Gasteiger partial charge in [0, 0.05) is 18.7 Å². The minimum Gasteiger partial charge on any atom is -0.490 e. The lowest BCUT2D eigenvalue weighted by Gasteiger charge is -2.25. The van der Waals surface area contributed by atoms with Crippen LogP contribution in [0.15, 0.2) is 12.1 Å². The largest absolute Gasteiger partial charge is 0.490 e. The maximum absolute atomic E-state index is 14.1. The third kappa shape index (κ3) is 3.41. The van der Waals surface area contributed by atoms with Gasteiger partial charge < -0.3 is 9.47 Å². The number of halogens is 1. The van der Waals surface area contributed by atoms with Gasteiger partial charge in [0.1, 0.15) is 0 Å². The standard InChI is InChI=1S/C16H20FNO3/c17-14-10-13(9-12-3-1-2-6-21-16(12)14)15(19)11-18-4-7-20-8-5-18/h9-10H,1-8,11H2. The first kappa shape index (κ1) is 14.5. The molecule has 21 heavy (non-hydrogen) atoms. The van der Waals surface area contributed by atoms with Gasteiger partial charge in [0.15, 0.2) is 17.3 Å². The third-order valence-corrected chi connectivity index (χ3v) is 4.00. The van der Waals surface area contributed by atoms with Crippen LogP contribution in [0.3, 0.4) is 0 Å². The van der Waals surface area contributed by atoms with Crippen LogP contribution >= 0.6 is 0 Å². The molecular formula is C16H20FNO3. The van der Waals surface area contributed by atoms with Crippen LogP contribution in [0, 0.1) is 5.82 Å². The number of hydrogen-bond acceptors (Lipinski definition) is 4. The number of benzene rings is 1. The number of carbonyl (C=O) groups is 1. The molecule has 0 amide bonds. The second-order valence-corrected chi connectivity index (χ2v) is 5.56. The number of hydrogen-bond donors (Lipinski definition) is 0. The van der Waals surface area contributed by atoms with Gasteiger partial charge in [-0.05, 0) is 37.0 Å². The number of Topliss-reactive ketones (excluding diaryl/α,β-unsaturated/α-hetero) is 1. The molecule has 1 saturated heterocycles. The molecule has 0 N–H and O–H groups in total. The topological polar surface area (TPSA) is 38.8 Å². The van der Waals surface area contributed by atoms with Gasteiger partial charge in [0.2, 0.25) is 0 Å². The van der Waals surface area contributed by atoms with Crippen molar-refractivity contribution in [2.24, 2.45) is 0 Å². The highest BCUT2D eigenvalue weighted by Gasteiger charge is 2.20. The molecule has 0 radical (unpaired) electrons. The third-order valence-electron chi connectivity index (χ3n) is 4.00. The predicted molar refractivity (Wildman–Crippen MR) is 76.4 cm³/mol. The van der Waals surface area contributed by atoms with Crippen molar-refractivity contribution in [2.75, 3.05) is 39.5 Å². The monoisotopic (exact) mass is 293 g/mol. The van der Waals surface area contributed by atoms with E-state index in [4.69, 9.17) is 9.47 Å². The van der Waals surface area contributed by atoms with Crippen molar-refractivity contribution >= 4 is 5.78 Å². The van der Waals surface area contributed by atoms with Crippen LogP contribution in [-0.2, 0) is 11.2 Å². The number of nitrogens with zero attached hydrogens (tertiary/aromatic N) is 1. The Hall–Kier alpha value is -1.46. The van der Waals surface area contributed by atoms with Crippen LogP contribution in [0.5, 0.6) is 5.75 Å². The summed E-state index contributed by atoms with van der Waals surface area (Å²) in [5.41, 5.74) is 1.26. The van der Waals surface area contributed by atoms with E-state index >= 15 is 0 Å². The number of ketones is 1. The first-order valence-corrected chi connectivity index (χ1v) is 7.52. The zero-order valence-electron chi connectivity index (χ0n) is 12.1. The fraction of sp³-hybridized carbons (Fsp3) is 0.562. The van der Waals surface area contributed by atoms with Crippen LogP contribution in [0.2, 0.25) is 0 Å². The van der Waals surface area contributed by atoms with Gasteiger partial charge in [-0.3, -0.25) is 9.69 Å². The Balaban J connectivity index is 1.76. The molecule has 4 nitrogen and oxygen atoms in total. The molecule has 2 heterocycles. The van der Waals surface area contributed by atoms with E-state index in [0.29, 0.717) is 37.7 Å². The van der Waals surface area contributed by atoms with Crippen LogP contribution in [0.1, 0.15) is 28.8 Å². The molecule has 1 aromatic rings. The molecular weight excluding hydrogens is 273 g/mol. The van der Waals surface area contributed by atoms with Gasteiger partial charge in [-0.2, -0.15) is 0 Å². The summed E-state index contributed by atoms with van der Waals surface area (Å²) in [6.45, 7) is 3.68. The number of fused-ring (bicyclic) bond motifs is 1. The van der Waals surface area contributed by atoms with Crippen molar-refractivity contribution in [2.45, 2.75) is 19.3 Å². The van der Waals surface area contributed by atoms with Crippen molar-refractivity contribution in [3.8, 4) is 5.75 Å². The first-order chi connectivity index (χ1) is 10.2. The molecule has 5 heteroatoms. The smallest absolute Gasteiger partial charge is 0.176 e. The van der Waals surface area contributed by atoms with E-state index in [2.05, 4.69) is 0 Å². The summed E-state index contributed by atoms with van der Waals surface area (Å²) < 4.78 is 24.9. The molecule has 1 fully saturated rings. The summed E-state index contributed by atoms with van der Waals surface area (Å²) in [7, 11) is 0. The second-order valence-electron chi connectivity index (χ2n) is 5.56. The lowest BCUT2D eigenvalue weighted by Crippen LogP contribution is -2.39. The summed E-state index contributed by atoms with van der Waals surface area (Å²) in [5, 5.41) is 0. The summed E-state index contributed by atoms with van der Waals surface area (Å²) in [5.74, 6) is -0.127. The number of carbonyl (C=O) groups excluding carboxylic acids is 1. The molecule has 0 unspecified atom stereocenters. The van der Waals surface area contributed by atoms with Crippen molar-refractivity contribution in [1.82, 2.24) is 4.90 Å². The van der Waals surface area contributed by atoms with Gasteiger partial charge in [-0.1, -0.05) is 0 Å². The molecule has 114 valence electrons. The number of morpholine rings is 1. The molecule has 0 aliphatic carbocycles. The summed E-state index contributed by atoms with van der Waals surface area (Å²) in [4.78, 5) is 14.4. The van der Waals surface area contributed by atoms with Gasteiger partial charge >= 0.3 is 0 Å². The molecule has 0 bridgehead atoms. The van der Waals surface area contributed by atoms with Crippen molar-refractivity contribution in [3.63, 3.8) is 0 Å². The van der Waals surface area contributed by atoms with Crippen molar-refractivity contribution in [1.29, 1.82) is 0 Å². The van der Waals surface area contributed by atoms with E-state index in [9.17, 15) is 9.18 Å². The highest BCUT2D eigenvalue weighted by molar-refractivity contribution is 5.98. The summed E-state index contributed by atoms with van der Waals surface area (Å²) >= 11 is 0. The molecule has 2 aliphatic rings. The van der Waals surface area contributed by atoms with Gasteiger partial charge in [-0.15, -0.1) is 0 Å². The van der Waals surface area contributed by atoms with Gasteiger partial charge in [0.25, 0.3) is 0 Å². The zero-order chi connectivity index (χ0) is 14.7. The Morgan fingerprint density at radius 3 is 2.81 bits per heavy atom. The highest BCUT2D eigenvalue weighted by Crippen LogP contribution is 2.29. The van der Waals surface area contributed by atoms with E-state index in [1.54, 1.807) is 6.07 Å². The van der Waals surface area contributed by atoms with Crippen LogP contribution < -0.4 is 4.74 Å². The quantitative estimate of drug-likeness (QED) is 0.800. The minimum absolute atomic E-state index is 0.0390. The number of ether oxygens (including phenoxy) is 2. The number of rotatable bonds is 3. The number of aryl methyl sites for hydroxylation is 1. The van der Waals surface area contributed by atoms with E-state index in [1.165, 1.54) is 6.07 Å². The summed E-state index contributed by atoms with van der Waals surface area (Å²) in [6, 6.07) is 3.11. The van der Waals surface area contributed by atoms with E-state index < -0.39 is 5.82 Å². The average molecular weight is 293 g/mol. The summed E-state index contributed by atoms with van der Waals surface area (Å²) in [6.07, 6.45) is 2.66. The SMILES string of the molecule is O=C(CN1CCOCC1)c1cc(F)c2c(c1)CCCCO2.